The molecular weight excluding hydrogens is 384 g/mol. The average Bonchev–Trinajstić information content (AvgIpc) is 3.15. The summed E-state index contributed by atoms with van der Waals surface area (Å²) in [6.45, 7) is 3.13. The summed E-state index contributed by atoms with van der Waals surface area (Å²) in [5, 5.41) is 11.1. The van der Waals surface area contributed by atoms with Gasteiger partial charge in [0.1, 0.15) is 0 Å². The topological polar surface area (TPSA) is 69.6 Å². The average molecular weight is 415 g/mol. The molecule has 5 nitrogen and oxygen atoms in total. The third-order valence-corrected chi connectivity index (χ3v) is 6.89. The van der Waals surface area contributed by atoms with Gasteiger partial charge in [-0.3, -0.25) is 4.72 Å². The summed E-state index contributed by atoms with van der Waals surface area (Å²) in [5.74, 6) is 1.18. The van der Waals surface area contributed by atoms with Crippen molar-refractivity contribution in [1.29, 1.82) is 0 Å². The van der Waals surface area contributed by atoms with Gasteiger partial charge in [-0.05, 0) is 54.4 Å². The number of aliphatic hydroxyl groups is 1. The molecule has 0 spiro atoms. The van der Waals surface area contributed by atoms with Crippen LogP contribution in [-0.2, 0) is 22.9 Å². The molecule has 2 aromatic rings. The Morgan fingerprint density at radius 2 is 1.62 bits per heavy atom. The maximum Gasteiger partial charge on any atom is 0.229 e. The fourth-order valence-electron chi connectivity index (χ4n) is 5.10. The summed E-state index contributed by atoms with van der Waals surface area (Å²) in [7, 11) is -3.23. The molecule has 2 atom stereocenters. The largest absolute Gasteiger partial charge is 0.390 e. The van der Waals surface area contributed by atoms with Crippen molar-refractivity contribution in [1.82, 2.24) is 4.90 Å². The van der Waals surface area contributed by atoms with Crippen LogP contribution in [0.15, 0.2) is 54.6 Å². The van der Waals surface area contributed by atoms with Crippen molar-refractivity contribution in [2.24, 2.45) is 11.8 Å². The van der Waals surface area contributed by atoms with E-state index >= 15 is 0 Å². The Balaban J connectivity index is 1.26. The van der Waals surface area contributed by atoms with E-state index in [-0.39, 0.29) is 0 Å². The van der Waals surface area contributed by atoms with Crippen molar-refractivity contribution >= 4 is 15.7 Å². The molecule has 1 aliphatic heterocycles. The number of hydrogen-bond acceptors (Lipinski definition) is 4. The van der Waals surface area contributed by atoms with E-state index in [9.17, 15) is 13.5 Å². The molecule has 0 bridgehead atoms. The smallest absolute Gasteiger partial charge is 0.229 e. The Morgan fingerprint density at radius 1 is 1.00 bits per heavy atom. The summed E-state index contributed by atoms with van der Waals surface area (Å²) in [6, 6.07) is 17.9. The first-order chi connectivity index (χ1) is 13.8. The molecular formula is C23H30N2O3S. The van der Waals surface area contributed by atoms with Crippen molar-refractivity contribution < 1.29 is 13.5 Å². The summed E-state index contributed by atoms with van der Waals surface area (Å²) >= 11 is 0. The minimum Gasteiger partial charge on any atom is -0.390 e. The molecule has 4 rings (SSSR count). The summed E-state index contributed by atoms with van der Waals surface area (Å²) in [5.41, 5.74) is 2.48. The lowest BCUT2D eigenvalue weighted by atomic mass is 9.91. The van der Waals surface area contributed by atoms with Crippen LogP contribution in [0.25, 0.3) is 0 Å². The molecule has 156 valence electrons. The third kappa shape index (κ3) is 5.38. The zero-order valence-corrected chi connectivity index (χ0v) is 17.7. The standard InChI is InChI=1S/C23H30N2O3S/c1-29(27,28)24-22-9-7-18(8-10-22)11-12-25-16-20-14-23(26,15-21(20)17-25)13-19-5-3-2-4-6-19/h2-10,20-21,24,26H,11-17H2,1H3. The van der Waals surface area contributed by atoms with E-state index in [2.05, 4.69) is 21.8 Å². The Kier molecular flexibility index (Phi) is 5.69. The Hall–Kier alpha value is -1.89. The molecule has 2 aliphatic rings. The summed E-state index contributed by atoms with van der Waals surface area (Å²) in [6.07, 6.45) is 4.66. The van der Waals surface area contributed by atoms with Crippen LogP contribution in [0.1, 0.15) is 24.0 Å². The molecule has 1 saturated carbocycles. The van der Waals surface area contributed by atoms with Crippen molar-refractivity contribution in [3.63, 3.8) is 0 Å². The fraction of sp³-hybridized carbons (Fsp3) is 0.478. The van der Waals surface area contributed by atoms with Crippen molar-refractivity contribution in [3.05, 3.63) is 65.7 Å². The highest BCUT2D eigenvalue weighted by atomic mass is 32.2. The number of fused-ring (bicyclic) bond motifs is 1. The number of sulfonamides is 1. The van der Waals surface area contributed by atoms with Gasteiger partial charge in [-0.25, -0.2) is 8.42 Å². The molecule has 29 heavy (non-hydrogen) atoms. The van der Waals surface area contributed by atoms with Crippen LogP contribution in [0.4, 0.5) is 5.69 Å². The van der Waals surface area contributed by atoms with Gasteiger partial charge in [0.2, 0.25) is 10.0 Å². The molecule has 2 fully saturated rings. The van der Waals surface area contributed by atoms with Gasteiger partial charge in [-0.1, -0.05) is 42.5 Å². The fourth-order valence-corrected chi connectivity index (χ4v) is 5.67. The lowest BCUT2D eigenvalue weighted by Crippen LogP contribution is -2.32. The number of likely N-dealkylation sites (tertiary alicyclic amines) is 1. The zero-order valence-electron chi connectivity index (χ0n) is 16.9. The van der Waals surface area contributed by atoms with E-state index < -0.39 is 15.6 Å². The number of rotatable bonds is 7. The highest BCUT2D eigenvalue weighted by molar-refractivity contribution is 7.92. The molecule has 2 aromatic carbocycles. The monoisotopic (exact) mass is 414 g/mol. The molecule has 0 amide bonds. The van der Waals surface area contributed by atoms with E-state index in [1.54, 1.807) is 0 Å². The number of nitrogens with one attached hydrogen (secondary N) is 1. The lowest BCUT2D eigenvalue weighted by molar-refractivity contribution is 0.0355. The van der Waals surface area contributed by atoms with E-state index in [0.29, 0.717) is 17.5 Å². The van der Waals surface area contributed by atoms with Crippen LogP contribution >= 0.6 is 0 Å². The second-order valence-corrected chi connectivity index (χ2v) is 10.6. The predicted octanol–water partition coefficient (Wildman–Crippen LogP) is 2.92. The Morgan fingerprint density at radius 3 is 2.21 bits per heavy atom. The van der Waals surface area contributed by atoms with E-state index in [1.165, 1.54) is 11.1 Å². The van der Waals surface area contributed by atoms with Gasteiger partial charge in [0, 0.05) is 31.7 Å². The van der Waals surface area contributed by atoms with Gasteiger partial charge in [-0.2, -0.15) is 0 Å². The second-order valence-electron chi connectivity index (χ2n) is 8.90. The van der Waals surface area contributed by atoms with Gasteiger partial charge in [0.05, 0.1) is 11.9 Å². The molecule has 2 unspecified atom stereocenters. The lowest BCUT2D eigenvalue weighted by Gasteiger charge is -2.26. The molecule has 6 heteroatoms. The number of nitrogens with zero attached hydrogens (tertiary/aromatic N) is 1. The van der Waals surface area contributed by atoms with Crippen molar-refractivity contribution in [2.75, 3.05) is 30.6 Å². The molecule has 0 radical (unpaired) electrons. The van der Waals surface area contributed by atoms with Crippen molar-refractivity contribution in [3.8, 4) is 0 Å². The normalized spacial score (nSPS) is 27.1. The highest BCUT2D eigenvalue weighted by Crippen LogP contribution is 2.45. The maximum atomic E-state index is 11.3. The van der Waals surface area contributed by atoms with Crippen LogP contribution < -0.4 is 4.72 Å². The zero-order chi connectivity index (χ0) is 20.5. The van der Waals surface area contributed by atoms with Gasteiger partial charge in [-0.15, -0.1) is 0 Å². The number of benzene rings is 2. The molecule has 1 aliphatic carbocycles. The molecule has 1 saturated heterocycles. The highest BCUT2D eigenvalue weighted by Gasteiger charge is 2.47. The Labute approximate surface area is 173 Å². The third-order valence-electron chi connectivity index (χ3n) is 6.29. The maximum absolute atomic E-state index is 11.3. The van der Waals surface area contributed by atoms with E-state index in [1.807, 2.05) is 42.5 Å². The van der Waals surface area contributed by atoms with Crippen LogP contribution in [0.2, 0.25) is 0 Å². The van der Waals surface area contributed by atoms with Gasteiger partial charge < -0.3 is 10.0 Å². The number of anilines is 1. The summed E-state index contributed by atoms with van der Waals surface area (Å²) in [4.78, 5) is 2.51. The second kappa shape index (κ2) is 8.09. The molecule has 0 aromatic heterocycles. The molecule has 2 N–H and O–H groups in total. The minimum atomic E-state index is -3.23. The Bertz CT molecular complexity index is 914. The van der Waals surface area contributed by atoms with Crippen LogP contribution in [0, 0.1) is 11.8 Å². The molecule has 1 heterocycles. The van der Waals surface area contributed by atoms with Crippen molar-refractivity contribution in [2.45, 2.75) is 31.3 Å². The number of hydrogen-bond donors (Lipinski definition) is 2. The first-order valence-electron chi connectivity index (χ1n) is 10.3. The van der Waals surface area contributed by atoms with E-state index in [0.717, 1.165) is 51.6 Å². The van der Waals surface area contributed by atoms with E-state index in [4.69, 9.17) is 0 Å². The van der Waals surface area contributed by atoms with Crippen LogP contribution in [0.3, 0.4) is 0 Å². The van der Waals surface area contributed by atoms with Gasteiger partial charge >= 0.3 is 0 Å². The first kappa shape index (κ1) is 20.4. The first-order valence-corrected chi connectivity index (χ1v) is 12.2. The quantitative estimate of drug-likeness (QED) is 0.731. The van der Waals surface area contributed by atoms with Crippen LogP contribution in [-0.4, -0.2) is 49.9 Å². The van der Waals surface area contributed by atoms with Gasteiger partial charge in [0.15, 0.2) is 0 Å². The SMILES string of the molecule is CS(=O)(=O)Nc1ccc(CCN2CC3CC(O)(Cc4ccccc4)CC3C2)cc1. The minimum absolute atomic E-state index is 0.550. The summed E-state index contributed by atoms with van der Waals surface area (Å²) < 4.78 is 25.1. The van der Waals surface area contributed by atoms with Gasteiger partial charge in [0.25, 0.3) is 0 Å². The predicted molar refractivity (Wildman–Crippen MR) is 116 cm³/mol. The van der Waals surface area contributed by atoms with Crippen LogP contribution in [0.5, 0.6) is 0 Å².